The molecule has 5 rings (SSSR count). The monoisotopic (exact) mass is 445 g/mol. The first-order chi connectivity index (χ1) is 15.2. The zero-order chi connectivity index (χ0) is 22.8. The van der Waals surface area contributed by atoms with Gasteiger partial charge >= 0.3 is 12.1 Å². The van der Waals surface area contributed by atoms with Crippen LogP contribution in [0.15, 0.2) is 24.4 Å². The van der Waals surface area contributed by atoms with Crippen LogP contribution in [-0.2, 0) is 11.3 Å². The van der Waals surface area contributed by atoms with Crippen molar-refractivity contribution in [1.29, 1.82) is 0 Å². The maximum Gasteiger partial charge on any atom is 0.415 e. The Bertz CT molecular complexity index is 1100. The number of nitrogens with one attached hydrogen (secondary N) is 1. The number of aromatic nitrogens is 2. The summed E-state index contributed by atoms with van der Waals surface area (Å²) in [4.78, 5) is 29.1. The van der Waals surface area contributed by atoms with Crippen molar-refractivity contribution >= 4 is 23.5 Å². The van der Waals surface area contributed by atoms with E-state index in [0.717, 1.165) is 37.1 Å². The third-order valence-electron chi connectivity index (χ3n) is 6.99. The smallest absolute Gasteiger partial charge is 0.415 e. The molecule has 3 amide bonds. The average molecular weight is 445 g/mol. The lowest BCUT2D eigenvalue weighted by Crippen LogP contribution is -2.49. The number of halogens is 2. The molecule has 2 aromatic rings. The first-order valence-electron chi connectivity index (χ1n) is 10.8. The van der Waals surface area contributed by atoms with Gasteiger partial charge in [0.05, 0.1) is 42.2 Å². The van der Waals surface area contributed by atoms with E-state index in [0.29, 0.717) is 5.69 Å². The Hall–Kier alpha value is -3.17. The average Bonchev–Trinajstić information content (AvgIpc) is 3.41. The SMILES string of the molecule is C[C@@H]1N(c2cnn3c2CN(C(=O)Nc2ccc(F)c(F)c2)[C@H]2CCC[C@H]23)C(=O)OC1(C)C. The van der Waals surface area contributed by atoms with Crippen LogP contribution in [0.4, 0.5) is 29.7 Å². The summed E-state index contributed by atoms with van der Waals surface area (Å²) in [6.07, 6.45) is 3.85. The van der Waals surface area contributed by atoms with Crippen LogP contribution in [-0.4, -0.2) is 44.5 Å². The Labute approximate surface area is 184 Å². The Kier molecular flexibility index (Phi) is 4.65. The number of benzene rings is 1. The van der Waals surface area contributed by atoms with Crippen molar-refractivity contribution in [3.63, 3.8) is 0 Å². The van der Waals surface area contributed by atoms with Crippen molar-refractivity contribution in [2.24, 2.45) is 0 Å². The second-order valence-electron chi connectivity index (χ2n) is 9.19. The number of rotatable bonds is 2. The molecule has 0 bridgehead atoms. The minimum absolute atomic E-state index is 0.00913. The minimum atomic E-state index is -1.02. The van der Waals surface area contributed by atoms with E-state index in [1.165, 1.54) is 6.07 Å². The van der Waals surface area contributed by atoms with Crippen LogP contribution in [0, 0.1) is 11.6 Å². The molecule has 2 fully saturated rings. The van der Waals surface area contributed by atoms with Crippen LogP contribution in [0.2, 0.25) is 0 Å². The third kappa shape index (κ3) is 3.11. The van der Waals surface area contributed by atoms with Gasteiger partial charge in [0, 0.05) is 11.8 Å². The van der Waals surface area contributed by atoms with Gasteiger partial charge in [-0.25, -0.2) is 18.4 Å². The summed E-state index contributed by atoms with van der Waals surface area (Å²) in [7, 11) is 0. The number of nitrogens with zero attached hydrogens (tertiary/aromatic N) is 4. The van der Waals surface area contributed by atoms with E-state index in [1.807, 2.05) is 25.5 Å². The summed E-state index contributed by atoms with van der Waals surface area (Å²) in [5.74, 6) is -2.00. The highest BCUT2D eigenvalue weighted by molar-refractivity contribution is 5.92. The second kappa shape index (κ2) is 7.18. The fourth-order valence-corrected chi connectivity index (χ4v) is 4.99. The fourth-order valence-electron chi connectivity index (χ4n) is 4.99. The molecule has 1 N–H and O–H groups in total. The van der Waals surface area contributed by atoms with E-state index in [9.17, 15) is 18.4 Å². The van der Waals surface area contributed by atoms with Crippen molar-refractivity contribution in [3.05, 3.63) is 41.7 Å². The van der Waals surface area contributed by atoms with Crippen molar-refractivity contribution < 1.29 is 23.1 Å². The highest BCUT2D eigenvalue weighted by atomic mass is 19.2. The highest BCUT2D eigenvalue weighted by Crippen LogP contribution is 2.43. The molecular weight excluding hydrogens is 420 g/mol. The standard InChI is InChI=1S/C22H25F2N5O3/c1-12-22(2,3)32-21(31)28(12)18-10-25-29-17-6-4-5-16(17)27(11-19(18)29)20(30)26-13-7-8-14(23)15(24)9-13/h7-10,12,16-17H,4-6,11H2,1-3H3,(H,26,30)/t12-,16-,17+/m0/s1. The predicted molar refractivity (Wildman–Crippen MR) is 112 cm³/mol. The van der Waals surface area contributed by atoms with Crippen LogP contribution < -0.4 is 10.2 Å². The van der Waals surface area contributed by atoms with E-state index in [2.05, 4.69) is 10.4 Å². The Morgan fingerprint density at radius 2 is 1.97 bits per heavy atom. The van der Waals surface area contributed by atoms with Crippen molar-refractivity contribution in [2.75, 3.05) is 10.2 Å². The number of carbonyl (C=O) groups excluding carboxylic acids is 2. The molecule has 1 saturated carbocycles. The summed E-state index contributed by atoms with van der Waals surface area (Å²) in [5, 5.41) is 7.26. The van der Waals surface area contributed by atoms with Crippen molar-refractivity contribution in [1.82, 2.24) is 14.7 Å². The molecule has 0 radical (unpaired) electrons. The van der Waals surface area contributed by atoms with E-state index in [-0.39, 0.29) is 30.4 Å². The molecule has 0 unspecified atom stereocenters. The molecule has 1 aliphatic carbocycles. The van der Waals surface area contributed by atoms with Crippen molar-refractivity contribution in [3.8, 4) is 0 Å². The number of amides is 3. The van der Waals surface area contributed by atoms with Crippen molar-refractivity contribution in [2.45, 2.75) is 70.3 Å². The van der Waals surface area contributed by atoms with E-state index in [4.69, 9.17) is 4.74 Å². The number of ether oxygens (including phenoxy) is 1. The fraction of sp³-hybridized carbons (Fsp3) is 0.500. The lowest BCUT2D eigenvalue weighted by atomic mass is 10.00. The lowest BCUT2D eigenvalue weighted by Gasteiger charge is -2.39. The molecule has 8 nitrogen and oxygen atoms in total. The number of fused-ring (bicyclic) bond motifs is 3. The predicted octanol–water partition coefficient (Wildman–Crippen LogP) is 4.43. The first-order valence-corrected chi connectivity index (χ1v) is 10.8. The second-order valence-corrected chi connectivity index (χ2v) is 9.19. The molecule has 1 aromatic heterocycles. The van der Waals surface area contributed by atoms with Crippen LogP contribution >= 0.6 is 0 Å². The molecule has 0 spiro atoms. The van der Waals surface area contributed by atoms with Crippen LogP contribution in [0.1, 0.15) is 51.8 Å². The van der Waals surface area contributed by atoms with Gasteiger partial charge < -0.3 is 15.0 Å². The molecule has 32 heavy (non-hydrogen) atoms. The Morgan fingerprint density at radius 3 is 2.66 bits per heavy atom. The van der Waals surface area contributed by atoms with Gasteiger partial charge in [0.1, 0.15) is 5.60 Å². The van der Waals surface area contributed by atoms with Crippen LogP contribution in [0.5, 0.6) is 0 Å². The molecule has 170 valence electrons. The summed E-state index contributed by atoms with van der Waals surface area (Å²) in [5.41, 5.74) is 0.917. The maximum atomic E-state index is 13.6. The van der Waals surface area contributed by atoms with Crippen LogP contribution in [0.3, 0.4) is 0 Å². The normalized spacial score (nSPS) is 26.0. The van der Waals surface area contributed by atoms with Gasteiger partial charge in [-0.2, -0.15) is 5.10 Å². The van der Waals surface area contributed by atoms with Gasteiger partial charge in [-0.1, -0.05) is 0 Å². The molecule has 1 saturated heterocycles. The van der Waals surface area contributed by atoms with Gasteiger partial charge in [-0.05, 0) is 52.2 Å². The topological polar surface area (TPSA) is 79.7 Å². The zero-order valence-corrected chi connectivity index (χ0v) is 18.1. The molecular formula is C22H25F2N5O3. The number of cyclic esters (lactones) is 1. The van der Waals surface area contributed by atoms with E-state index >= 15 is 0 Å². The summed E-state index contributed by atoms with van der Waals surface area (Å²) in [6.45, 7) is 5.88. The number of urea groups is 1. The number of hydrogen-bond donors (Lipinski definition) is 1. The Morgan fingerprint density at radius 1 is 1.22 bits per heavy atom. The zero-order valence-electron chi connectivity index (χ0n) is 18.1. The molecule has 1 aromatic carbocycles. The summed E-state index contributed by atoms with van der Waals surface area (Å²) in [6, 6.07) is 2.58. The van der Waals surface area contributed by atoms with E-state index in [1.54, 1.807) is 16.0 Å². The van der Waals surface area contributed by atoms with Gasteiger partial charge in [0.25, 0.3) is 0 Å². The van der Waals surface area contributed by atoms with Gasteiger partial charge in [0.2, 0.25) is 0 Å². The summed E-state index contributed by atoms with van der Waals surface area (Å²) >= 11 is 0. The number of anilines is 2. The highest BCUT2D eigenvalue weighted by Gasteiger charge is 2.49. The molecule has 3 aliphatic rings. The quantitative estimate of drug-likeness (QED) is 0.742. The minimum Gasteiger partial charge on any atom is -0.441 e. The maximum absolute atomic E-state index is 13.6. The number of hydrogen-bond acceptors (Lipinski definition) is 4. The first kappa shape index (κ1) is 20.7. The summed E-state index contributed by atoms with van der Waals surface area (Å²) < 4.78 is 34.3. The van der Waals surface area contributed by atoms with Gasteiger partial charge in [0.15, 0.2) is 11.6 Å². The lowest BCUT2D eigenvalue weighted by molar-refractivity contribution is 0.0718. The van der Waals surface area contributed by atoms with Crippen LogP contribution in [0.25, 0.3) is 0 Å². The molecule has 3 atom stereocenters. The molecule has 2 aliphatic heterocycles. The third-order valence-corrected chi connectivity index (χ3v) is 6.99. The molecule has 10 heteroatoms. The molecule has 3 heterocycles. The Balaban J connectivity index is 1.46. The largest absolute Gasteiger partial charge is 0.441 e. The van der Waals surface area contributed by atoms with Gasteiger partial charge in [-0.15, -0.1) is 0 Å². The van der Waals surface area contributed by atoms with Gasteiger partial charge in [-0.3, -0.25) is 9.58 Å². The number of carbonyl (C=O) groups is 2. The van der Waals surface area contributed by atoms with E-state index < -0.39 is 29.4 Å².